The van der Waals surface area contributed by atoms with E-state index in [2.05, 4.69) is 5.32 Å². The molecular weight excluding hydrogens is 236 g/mol. The Morgan fingerprint density at radius 2 is 2.11 bits per heavy atom. The third-order valence-corrected chi connectivity index (χ3v) is 2.77. The van der Waals surface area contributed by atoms with Gasteiger partial charge >= 0.3 is 0 Å². The first-order chi connectivity index (χ1) is 8.70. The van der Waals surface area contributed by atoms with Crippen LogP contribution < -0.4 is 5.32 Å². The molecule has 0 bridgehead atoms. The van der Waals surface area contributed by atoms with Crippen molar-refractivity contribution < 1.29 is 13.2 Å². The van der Waals surface area contributed by atoms with Crippen molar-refractivity contribution >= 4 is 0 Å². The fourth-order valence-corrected chi connectivity index (χ4v) is 1.95. The minimum absolute atomic E-state index is 0.295. The first kappa shape index (κ1) is 12.8. The van der Waals surface area contributed by atoms with Crippen LogP contribution in [0.2, 0.25) is 0 Å². The number of hydrogen-bond acceptors (Lipinski definition) is 2. The maximum atomic E-state index is 13.7. The number of halogens is 2. The molecule has 0 aliphatic carbocycles. The highest BCUT2D eigenvalue weighted by atomic mass is 19.1. The summed E-state index contributed by atoms with van der Waals surface area (Å²) in [6.45, 7) is 2.59. The molecule has 96 valence electrons. The topological polar surface area (TPSA) is 25.2 Å². The molecule has 2 aromatic rings. The Balaban J connectivity index is 2.26. The number of likely N-dealkylation sites (N-methyl/N-ethyl adjacent to an activating group) is 1. The molecule has 0 aliphatic heterocycles. The maximum Gasteiger partial charge on any atom is 0.128 e. The predicted molar refractivity (Wildman–Crippen MR) is 65.2 cm³/mol. The second-order valence-electron chi connectivity index (χ2n) is 4.06. The molecular formula is C14H15F2NO. The van der Waals surface area contributed by atoms with Crippen LogP contribution in [0.4, 0.5) is 8.78 Å². The van der Waals surface area contributed by atoms with E-state index >= 15 is 0 Å². The van der Waals surface area contributed by atoms with E-state index in [1.54, 1.807) is 12.3 Å². The Labute approximate surface area is 105 Å². The van der Waals surface area contributed by atoms with Crippen molar-refractivity contribution in [2.24, 2.45) is 0 Å². The summed E-state index contributed by atoms with van der Waals surface area (Å²) in [6.07, 6.45) is 2.06. The highest BCUT2D eigenvalue weighted by Crippen LogP contribution is 2.22. The fraction of sp³-hybridized carbons (Fsp3) is 0.286. The molecule has 1 heterocycles. The normalized spacial score (nSPS) is 12.6. The summed E-state index contributed by atoms with van der Waals surface area (Å²) in [5.74, 6) is -0.104. The van der Waals surface area contributed by atoms with Gasteiger partial charge in [-0.25, -0.2) is 8.78 Å². The quantitative estimate of drug-likeness (QED) is 0.880. The number of benzene rings is 1. The minimum atomic E-state index is -0.436. The van der Waals surface area contributed by atoms with Crippen molar-refractivity contribution in [3.63, 3.8) is 0 Å². The monoisotopic (exact) mass is 251 g/mol. The van der Waals surface area contributed by atoms with E-state index in [-0.39, 0.29) is 6.04 Å². The van der Waals surface area contributed by atoms with Gasteiger partial charge in [0.15, 0.2) is 0 Å². The Morgan fingerprint density at radius 1 is 1.28 bits per heavy atom. The van der Waals surface area contributed by atoms with Gasteiger partial charge in [-0.15, -0.1) is 0 Å². The van der Waals surface area contributed by atoms with Gasteiger partial charge in [0.1, 0.15) is 17.4 Å². The molecule has 2 rings (SSSR count). The standard InChI is InChI=1S/C14H15F2NO/c1-2-17-14(9-11-4-3-7-18-11)12-8-10(15)5-6-13(12)16/h3-8,14,17H,2,9H2,1H3. The number of hydrogen-bond donors (Lipinski definition) is 1. The summed E-state index contributed by atoms with van der Waals surface area (Å²) in [4.78, 5) is 0. The molecule has 4 heteroatoms. The van der Waals surface area contributed by atoms with Crippen molar-refractivity contribution in [2.45, 2.75) is 19.4 Å². The van der Waals surface area contributed by atoms with Gasteiger partial charge in [-0.2, -0.15) is 0 Å². The molecule has 0 saturated carbocycles. The minimum Gasteiger partial charge on any atom is -0.469 e. The van der Waals surface area contributed by atoms with Crippen molar-refractivity contribution in [3.8, 4) is 0 Å². The molecule has 1 atom stereocenters. The Bertz CT molecular complexity index is 497. The van der Waals surface area contributed by atoms with Gasteiger partial charge in [0.2, 0.25) is 0 Å². The van der Waals surface area contributed by atoms with Crippen molar-refractivity contribution in [3.05, 3.63) is 59.6 Å². The van der Waals surface area contributed by atoms with E-state index in [0.717, 1.165) is 17.9 Å². The van der Waals surface area contributed by atoms with Crippen molar-refractivity contribution in [1.82, 2.24) is 5.32 Å². The van der Waals surface area contributed by atoms with Crippen LogP contribution >= 0.6 is 0 Å². The van der Waals surface area contributed by atoms with E-state index in [1.807, 2.05) is 13.0 Å². The summed E-state index contributed by atoms with van der Waals surface area (Å²) in [6, 6.07) is 6.80. The van der Waals surface area contributed by atoms with Crippen LogP contribution in [0, 0.1) is 11.6 Å². The SMILES string of the molecule is CCNC(Cc1ccco1)c1cc(F)ccc1F. The molecule has 0 aliphatic rings. The Morgan fingerprint density at radius 3 is 2.78 bits per heavy atom. The Hall–Kier alpha value is -1.68. The highest BCUT2D eigenvalue weighted by Gasteiger charge is 2.17. The molecule has 0 fully saturated rings. The summed E-state index contributed by atoms with van der Waals surface area (Å²) in [5.41, 5.74) is 0.327. The molecule has 0 radical (unpaired) electrons. The molecule has 0 amide bonds. The number of furan rings is 1. The molecule has 1 aromatic heterocycles. The molecule has 1 N–H and O–H groups in total. The molecule has 0 saturated heterocycles. The van der Waals surface area contributed by atoms with E-state index in [9.17, 15) is 8.78 Å². The Kier molecular flexibility index (Phi) is 4.10. The zero-order chi connectivity index (χ0) is 13.0. The second kappa shape index (κ2) is 5.78. The van der Waals surface area contributed by atoms with E-state index in [1.165, 1.54) is 6.07 Å². The maximum absolute atomic E-state index is 13.7. The van der Waals surface area contributed by atoms with Crippen LogP contribution in [0.15, 0.2) is 41.0 Å². The average Bonchev–Trinajstić information content (AvgIpc) is 2.85. The first-order valence-electron chi connectivity index (χ1n) is 5.91. The molecule has 1 aromatic carbocycles. The van der Waals surface area contributed by atoms with Crippen LogP contribution in [0.25, 0.3) is 0 Å². The van der Waals surface area contributed by atoms with Gasteiger partial charge in [-0.3, -0.25) is 0 Å². The highest BCUT2D eigenvalue weighted by molar-refractivity contribution is 5.23. The summed E-state index contributed by atoms with van der Waals surface area (Å²) in [7, 11) is 0. The lowest BCUT2D eigenvalue weighted by atomic mass is 10.0. The summed E-state index contributed by atoms with van der Waals surface area (Å²) < 4.78 is 32.2. The predicted octanol–water partition coefficient (Wildman–Crippen LogP) is 3.45. The van der Waals surface area contributed by atoms with Gasteiger partial charge in [0.25, 0.3) is 0 Å². The largest absolute Gasteiger partial charge is 0.469 e. The first-order valence-corrected chi connectivity index (χ1v) is 5.91. The van der Waals surface area contributed by atoms with Crippen LogP contribution in [-0.4, -0.2) is 6.54 Å². The summed E-state index contributed by atoms with van der Waals surface area (Å²) >= 11 is 0. The molecule has 18 heavy (non-hydrogen) atoms. The van der Waals surface area contributed by atoms with E-state index < -0.39 is 11.6 Å². The smallest absolute Gasteiger partial charge is 0.128 e. The van der Waals surface area contributed by atoms with E-state index in [4.69, 9.17) is 4.42 Å². The lowest BCUT2D eigenvalue weighted by molar-refractivity contribution is 0.441. The zero-order valence-electron chi connectivity index (χ0n) is 10.1. The van der Waals surface area contributed by atoms with Crippen LogP contribution in [-0.2, 0) is 6.42 Å². The number of nitrogens with one attached hydrogen (secondary N) is 1. The molecule has 1 unspecified atom stereocenters. The van der Waals surface area contributed by atoms with Crippen molar-refractivity contribution in [1.29, 1.82) is 0 Å². The third kappa shape index (κ3) is 2.96. The van der Waals surface area contributed by atoms with Gasteiger partial charge in [0.05, 0.1) is 6.26 Å². The van der Waals surface area contributed by atoms with Crippen LogP contribution in [0.1, 0.15) is 24.3 Å². The average molecular weight is 251 g/mol. The second-order valence-corrected chi connectivity index (χ2v) is 4.06. The number of rotatable bonds is 5. The zero-order valence-corrected chi connectivity index (χ0v) is 10.1. The van der Waals surface area contributed by atoms with Crippen LogP contribution in [0.5, 0.6) is 0 Å². The molecule has 0 spiro atoms. The molecule has 2 nitrogen and oxygen atoms in total. The van der Waals surface area contributed by atoms with Gasteiger partial charge in [0, 0.05) is 18.0 Å². The summed E-state index contributed by atoms with van der Waals surface area (Å²) in [5, 5.41) is 3.14. The third-order valence-electron chi connectivity index (χ3n) is 2.77. The fourth-order valence-electron chi connectivity index (χ4n) is 1.95. The van der Waals surface area contributed by atoms with Gasteiger partial charge in [-0.1, -0.05) is 6.92 Å². The van der Waals surface area contributed by atoms with Crippen molar-refractivity contribution in [2.75, 3.05) is 6.54 Å². The van der Waals surface area contributed by atoms with Gasteiger partial charge in [-0.05, 0) is 36.9 Å². The van der Waals surface area contributed by atoms with Gasteiger partial charge < -0.3 is 9.73 Å². The van der Waals surface area contributed by atoms with E-state index in [0.29, 0.717) is 18.5 Å². The van der Waals surface area contributed by atoms with Crippen LogP contribution in [0.3, 0.4) is 0 Å². The lowest BCUT2D eigenvalue weighted by Crippen LogP contribution is -2.24. The lowest BCUT2D eigenvalue weighted by Gasteiger charge is -2.18.